The molecule has 3 rings (SSSR count). The van der Waals surface area contributed by atoms with Crippen molar-refractivity contribution in [3.63, 3.8) is 0 Å². The van der Waals surface area contributed by atoms with E-state index in [0.717, 1.165) is 30.0 Å². The summed E-state index contributed by atoms with van der Waals surface area (Å²) in [7, 11) is 0. The van der Waals surface area contributed by atoms with Crippen molar-refractivity contribution < 1.29 is 18.4 Å². The molecule has 142 valence electrons. The molecule has 0 aliphatic carbocycles. The molecular formula is C21H16F2N2O2S. The van der Waals surface area contributed by atoms with Gasteiger partial charge in [0.15, 0.2) is 0 Å². The summed E-state index contributed by atoms with van der Waals surface area (Å²) >= 11 is 0.878. The monoisotopic (exact) mass is 398 g/mol. The summed E-state index contributed by atoms with van der Waals surface area (Å²) < 4.78 is 26.9. The molecule has 0 saturated carbocycles. The SMILES string of the molecule is O=C(CSc1cc(F)ccc1F)Nc1ccccc1C(=O)Nc1ccccc1. The number of hydrogen-bond donors (Lipinski definition) is 2. The summed E-state index contributed by atoms with van der Waals surface area (Å²) in [6.45, 7) is 0. The van der Waals surface area contributed by atoms with Crippen LogP contribution in [0, 0.1) is 11.6 Å². The second kappa shape index (κ2) is 9.14. The number of amides is 2. The Hall–Kier alpha value is -3.19. The van der Waals surface area contributed by atoms with Crippen molar-refractivity contribution in [3.8, 4) is 0 Å². The van der Waals surface area contributed by atoms with Crippen LogP contribution in [0.15, 0.2) is 77.7 Å². The first-order chi connectivity index (χ1) is 13.5. The largest absolute Gasteiger partial charge is 0.325 e. The Bertz CT molecular complexity index is 997. The maximum atomic E-state index is 13.7. The molecule has 3 aromatic rings. The molecule has 7 heteroatoms. The van der Waals surface area contributed by atoms with E-state index in [0.29, 0.717) is 16.9 Å². The third-order valence-electron chi connectivity index (χ3n) is 3.73. The van der Waals surface area contributed by atoms with Crippen molar-refractivity contribution in [2.45, 2.75) is 4.90 Å². The van der Waals surface area contributed by atoms with Crippen LogP contribution < -0.4 is 10.6 Å². The molecule has 0 bridgehead atoms. The molecule has 4 nitrogen and oxygen atoms in total. The Morgan fingerprint density at radius 1 is 0.857 bits per heavy atom. The number of carbonyl (C=O) groups excluding carboxylic acids is 2. The Kier molecular flexibility index (Phi) is 6.39. The zero-order chi connectivity index (χ0) is 19.9. The van der Waals surface area contributed by atoms with Gasteiger partial charge in [0.2, 0.25) is 5.91 Å². The molecule has 0 atom stereocenters. The van der Waals surface area contributed by atoms with Crippen molar-refractivity contribution in [2.75, 3.05) is 16.4 Å². The third kappa shape index (κ3) is 5.17. The number of para-hydroxylation sites is 2. The van der Waals surface area contributed by atoms with Gasteiger partial charge in [-0.3, -0.25) is 9.59 Å². The van der Waals surface area contributed by atoms with Crippen molar-refractivity contribution in [1.82, 2.24) is 0 Å². The highest BCUT2D eigenvalue weighted by Crippen LogP contribution is 2.23. The molecule has 0 aliphatic heterocycles. The minimum Gasteiger partial charge on any atom is -0.325 e. The molecule has 0 heterocycles. The molecule has 2 N–H and O–H groups in total. The molecule has 0 unspecified atom stereocenters. The van der Waals surface area contributed by atoms with Crippen LogP contribution in [0.2, 0.25) is 0 Å². The van der Waals surface area contributed by atoms with E-state index in [9.17, 15) is 18.4 Å². The predicted molar refractivity (Wildman–Crippen MR) is 107 cm³/mol. The molecule has 0 aliphatic rings. The molecule has 28 heavy (non-hydrogen) atoms. The van der Waals surface area contributed by atoms with Gasteiger partial charge in [-0.05, 0) is 42.5 Å². The lowest BCUT2D eigenvalue weighted by atomic mass is 10.1. The van der Waals surface area contributed by atoms with E-state index in [1.54, 1.807) is 48.5 Å². The van der Waals surface area contributed by atoms with Crippen LogP contribution in [0.5, 0.6) is 0 Å². The zero-order valence-electron chi connectivity index (χ0n) is 14.6. The number of hydrogen-bond acceptors (Lipinski definition) is 3. The first-order valence-electron chi connectivity index (χ1n) is 8.36. The van der Waals surface area contributed by atoms with Crippen molar-refractivity contribution in [3.05, 3.63) is 90.0 Å². The van der Waals surface area contributed by atoms with Gasteiger partial charge in [0, 0.05) is 10.6 Å². The molecule has 0 spiro atoms. The zero-order valence-corrected chi connectivity index (χ0v) is 15.4. The maximum Gasteiger partial charge on any atom is 0.257 e. The number of benzene rings is 3. The fraction of sp³-hybridized carbons (Fsp3) is 0.0476. The number of halogens is 2. The first-order valence-corrected chi connectivity index (χ1v) is 9.34. The first kappa shape index (κ1) is 19.6. The van der Waals surface area contributed by atoms with Gasteiger partial charge in [-0.15, -0.1) is 11.8 Å². The van der Waals surface area contributed by atoms with Gasteiger partial charge in [0.25, 0.3) is 5.91 Å². The van der Waals surface area contributed by atoms with E-state index in [2.05, 4.69) is 10.6 Å². The van der Waals surface area contributed by atoms with E-state index in [4.69, 9.17) is 0 Å². The molecule has 0 aromatic heterocycles. The fourth-order valence-corrected chi connectivity index (χ4v) is 3.19. The van der Waals surface area contributed by atoms with Crippen LogP contribution in [0.1, 0.15) is 10.4 Å². The summed E-state index contributed by atoms with van der Waals surface area (Å²) in [5, 5.41) is 5.40. The highest BCUT2D eigenvalue weighted by atomic mass is 32.2. The minimum atomic E-state index is -0.596. The van der Waals surface area contributed by atoms with Crippen LogP contribution in [-0.4, -0.2) is 17.6 Å². The molecule has 0 radical (unpaired) electrons. The summed E-state index contributed by atoms with van der Waals surface area (Å²) in [6, 6.07) is 18.6. The number of thioether (sulfide) groups is 1. The van der Waals surface area contributed by atoms with Gasteiger partial charge >= 0.3 is 0 Å². The molecular weight excluding hydrogens is 382 g/mol. The van der Waals surface area contributed by atoms with E-state index >= 15 is 0 Å². The van der Waals surface area contributed by atoms with Gasteiger partial charge in [-0.1, -0.05) is 30.3 Å². The summed E-state index contributed by atoms with van der Waals surface area (Å²) in [4.78, 5) is 24.8. The highest BCUT2D eigenvalue weighted by Gasteiger charge is 2.14. The normalized spacial score (nSPS) is 10.4. The average Bonchev–Trinajstić information content (AvgIpc) is 2.70. The molecule has 0 fully saturated rings. The van der Waals surface area contributed by atoms with Gasteiger partial charge in [0.05, 0.1) is 17.0 Å². The Balaban J connectivity index is 1.66. The van der Waals surface area contributed by atoms with Crippen LogP contribution >= 0.6 is 11.8 Å². The third-order valence-corrected chi connectivity index (χ3v) is 4.76. The smallest absolute Gasteiger partial charge is 0.257 e. The number of anilines is 2. The van der Waals surface area contributed by atoms with Crippen LogP contribution in [0.25, 0.3) is 0 Å². The van der Waals surface area contributed by atoms with Gasteiger partial charge in [0.1, 0.15) is 11.6 Å². The Morgan fingerprint density at radius 3 is 2.36 bits per heavy atom. The Morgan fingerprint density at radius 2 is 1.57 bits per heavy atom. The number of nitrogens with one attached hydrogen (secondary N) is 2. The van der Waals surface area contributed by atoms with E-state index < -0.39 is 17.5 Å². The number of carbonyl (C=O) groups is 2. The minimum absolute atomic E-state index is 0.0465. The number of rotatable bonds is 6. The maximum absolute atomic E-state index is 13.7. The van der Waals surface area contributed by atoms with Gasteiger partial charge in [-0.25, -0.2) is 8.78 Å². The predicted octanol–water partition coefficient (Wildman–Crippen LogP) is 4.95. The second-order valence-electron chi connectivity index (χ2n) is 5.78. The van der Waals surface area contributed by atoms with Crippen molar-refractivity contribution >= 4 is 35.0 Å². The van der Waals surface area contributed by atoms with Crippen molar-refractivity contribution in [2.24, 2.45) is 0 Å². The van der Waals surface area contributed by atoms with Gasteiger partial charge < -0.3 is 10.6 Å². The lowest BCUT2D eigenvalue weighted by molar-refractivity contribution is -0.113. The lowest BCUT2D eigenvalue weighted by Crippen LogP contribution is -2.19. The average molecular weight is 398 g/mol. The Labute approximate surface area is 165 Å². The van der Waals surface area contributed by atoms with E-state index in [-0.39, 0.29) is 16.6 Å². The van der Waals surface area contributed by atoms with E-state index in [1.807, 2.05) is 6.07 Å². The standard InChI is InChI=1S/C21H16F2N2O2S/c22-14-10-11-17(23)19(12-14)28-13-20(26)25-18-9-5-4-8-16(18)21(27)24-15-6-2-1-3-7-15/h1-12H,13H2,(H,24,27)(H,25,26). The van der Waals surface area contributed by atoms with Crippen LogP contribution in [0.4, 0.5) is 20.2 Å². The lowest BCUT2D eigenvalue weighted by Gasteiger charge is -2.11. The summed E-state index contributed by atoms with van der Waals surface area (Å²) in [6.07, 6.45) is 0. The fourth-order valence-electron chi connectivity index (χ4n) is 2.43. The van der Waals surface area contributed by atoms with E-state index in [1.165, 1.54) is 0 Å². The van der Waals surface area contributed by atoms with Crippen molar-refractivity contribution in [1.29, 1.82) is 0 Å². The molecule has 0 saturated heterocycles. The summed E-state index contributed by atoms with van der Waals surface area (Å²) in [5.41, 5.74) is 1.26. The van der Waals surface area contributed by atoms with Gasteiger partial charge in [-0.2, -0.15) is 0 Å². The van der Waals surface area contributed by atoms with Crippen LogP contribution in [-0.2, 0) is 4.79 Å². The molecule has 3 aromatic carbocycles. The quantitative estimate of drug-likeness (QED) is 0.578. The topological polar surface area (TPSA) is 58.2 Å². The summed E-state index contributed by atoms with van der Waals surface area (Å²) in [5.74, 6) is -2.11. The highest BCUT2D eigenvalue weighted by molar-refractivity contribution is 8.00. The van der Waals surface area contributed by atoms with Crippen LogP contribution in [0.3, 0.4) is 0 Å². The molecule has 2 amide bonds. The second-order valence-corrected chi connectivity index (χ2v) is 6.79.